The van der Waals surface area contributed by atoms with E-state index in [2.05, 4.69) is 17.2 Å². The molecule has 0 atom stereocenters. The van der Waals surface area contributed by atoms with Gasteiger partial charge in [0.25, 0.3) is 5.91 Å². The third-order valence-electron chi connectivity index (χ3n) is 2.76. The molecule has 1 heterocycles. The van der Waals surface area contributed by atoms with Crippen LogP contribution in [0.5, 0.6) is 0 Å². The molecule has 0 aliphatic rings. The van der Waals surface area contributed by atoms with Crippen molar-refractivity contribution in [3.63, 3.8) is 0 Å². The summed E-state index contributed by atoms with van der Waals surface area (Å²) in [6, 6.07) is 7.04. The third-order valence-corrected chi connectivity index (χ3v) is 4.01. The van der Waals surface area contributed by atoms with Gasteiger partial charge in [-0.3, -0.25) is 4.79 Å². The molecule has 3 nitrogen and oxygen atoms in total. The number of hydrogen-bond acceptors (Lipinski definition) is 3. The van der Waals surface area contributed by atoms with Gasteiger partial charge in [-0.05, 0) is 42.1 Å². The number of rotatable bonds is 3. The first-order valence-electron chi connectivity index (χ1n) is 6.36. The maximum absolute atomic E-state index is 12.2. The SMILES string of the molecule is Cc1ccsc1C(=O)Nc1ccc(Cl)cc1C#CCCO. The molecule has 0 aliphatic carbocycles. The highest BCUT2D eigenvalue weighted by molar-refractivity contribution is 7.12. The van der Waals surface area contributed by atoms with Gasteiger partial charge in [0.15, 0.2) is 0 Å². The molecule has 0 saturated carbocycles. The first-order chi connectivity index (χ1) is 10.1. The zero-order valence-corrected chi connectivity index (χ0v) is 13.0. The Kier molecular flexibility index (Phi) is 5.40. The summed E-state index contributed by atoms with van der Waals surface area (Å²) in [6.07, 6.45) is 0.379. The summed E-state index contributed by atoms with van der Waals surface area (Å²) < 4.78 is 0. The van der Waals surface area contributed by atoms with E-state index in [4.69, 9.17) is 16.7 Å². The van der Waals surface area contributed by atoms with E-state index < -0.39 is 0 Å². The molecule has 108 valence electrons. The molecule has 0 bridgehead atoms. The summed E-state index contributed by atoms with van der Waals surface area (Å²) in [4.78, 5) is 12.9. The number of halogens is 1. The van der Waals surface area contributed by atoms with Gasteiger partial charge in [-0.25, -0.2) is 0 Å². The van der Waals surface area contributed by atoms with Crippen molar-refractivity contribution in [3.05, 3.63) is 50.7 Å². The van der Waals surface area contributed by atoms with Crippen molar-refractivity contribution < 1.29 is 9.90 Å². The molecule has 0 radical (unpaired) electrons. The predicted octanol–water partition coefficient (Wildman–Crippen LogP) is 3.70. The van der Waals surface area contributed by atoms with Crippen LogP contribution >= 0.6 is 22.9 Å². The minimum atomic E-state index is -0.157. The molecular weight excluding hydrogens is 306 g/mol. The van der Waals surface area contributed by atoms with Gasteiger partial charge in [0, 0.05) is 17.0 Å². The smallest absolute Gasteiger partial charge is 0.266 e. The third kappa shape index (κ3) is 4.08. The van der Waals surface area contributed by atoms with E-state index in [9.17, 15) is 4.79 Å². The van der Waals surface area contributed by atoms with Crippen LogP contribution in [-0.4, -0.2) is 17.6 Å². The molecule has 0 saturated heterocycles. The van der Waals surface area contributed by atoms with E-state index in [1.54, 1.807) is 18.2 Å². The zero-order valence-electron chi connectivity index (χ0n) is 11.4. The summed E-state index contributed by atoms with van der Waals surface area (Å²) >= 11 is 7.36. The van der Waals surface area contributed by atoms with Gasteiger partial charge in [0.1, 0.15) is 0 Å². The van der Waals surface area contributed by atoms with E-state index >= 15 is 0 Å². The molecular formula is C16H14ClNO2S. The number of aliphatic hydroxyl groups excluding tert-OH is 1. The molecule has 0 aliphatic heterocycles. The van der Waals surface area contributed by atoms with E-state index in [0.717, 1.165) is 5.56 Å². The number of aliphatic hydroxyl groups is 1. The van der Waals surface area contributed by atoms with E-state index in [1.807, 2.05) is 18.4 Å². The van der Waals surface area contributed by atoms with E-state index in [1.165, 1.54) is 11.3 Å². The molecule has 1 amide bonds. The number of benzene rings is 1. The normalized spacial score (nSPS) is 9.86. The van der Waals surface area contributed by atoms with Crippen LogP contribution in [0.2, 0.25) is 5.02 Å². The van der Waals surface area contributed by atoms with Crippen molar-refractivity contribution in [1.29, 1.82) is 0 Å². The lowest BCUT2D eigenvalue weighted by atomic mass is 10.1. The molecule has 2 rings (SSSR count). The summed E-state index contributed by atoms with van der Waals surface area (Å²) in [5.74, 6) is 5.59. The van der Waals surface area contributed by atoms with Gasteiger partial charge in [-0.15, -0.1) is 11.3 Å². The summed E-state index contributed by atoms with van der Waals surface area (Å²) in [6.45, 7) is 1.90. The Balaban J connectivity index is 2.26. The monoisotopic (exact) mass is 319 g/mol. The minimum Gasteiger partial charge on any atom is -0.395 e. The summed E-state index contributed by atoms with van der Waals surface area (Å²) in [5, 5.41) is 14.1. The molecule has 1 aromatic heterocycles. The number of thiophene rings is 1. The molecule has 2 aromatic rings. The van der Waals surface area contributed by atoms with Crippen LogP contribution < -0.4 is 5.32 Å². The Hall–Kier alpha value is -1.80. The zero-order chi connectivity index (χ0) is 15.2. The number of carbonyl (C=O) groups excluding carboxylic acids is 1. The van der Waals surface area contributed by atoms with Crippen molar-refractivity contribution in [1.82, 2.24) is 0 Å². The van der Waals surface area contributed by atoms with Crippen molar-refractivity contribution in [2.75, 3.05) is 11.9 Å². The highest BCUT2D eigenvalue weighted by Gasteiger charge is 2.12. The largest absolute Gasteiger partial charge is 0.395 e. The second-order valence-corrected chi connectivity index (χ2v) is 5.70. The molecule has 5 heteroatoms. The second kappa shape index (κ2) is 7.28. The van der Waals surface area contributed by atoms with E-state index in [0.29, 0.717) is 27.6 Å². The molecule has 21 heavy (non-hydrogen) atoms. The number of anilines is 1. The van der Waals surface area contributed by atoms with Gasteiger partial charge < -0.3 is 10.4 Å². The number of carbonyl (C=O) groups is 1. The van der Waals surface area contributed by atoms with Crippen LogP contribution in [0, 0.1) is 18.8 Å². The summed E-state index contributed by atoms with van der Waals surface area (Å²) in [5.41, 5.74) is 2.19. The maximum atomic E-state index is 12.2. The fraction of sp³-hybridized carbons (Fsp3) is 0.188. The fourth-order valence-electron chi connectivity index (χ4n) is 1.73. The Bertz CT molecular complexity index is 713. The maximum Gasteiger partial charge on any atom is 0.266 e. The van der Waals surface area contributed by atoms with Crippen LogP contribution in [0.25, 0.3) is 0 Å². The predicted molar refractivity (Wildman–Crippen MR) is 87.0 cm³/mol. The first-order valence-corrected chi connectivity index (χ1v) is 7.62. The number of amides is 1. The Labute approximate surface area is 132 Å². The molecule has 1 aromatic carbocycles. The van der Waals surface area contributed by atoms with Gasteiger partial charge in [0.05, 0.1) is 17.2 Å². The Morgan fingerprint density at radius 2 is 2.24 bits per heavy atom. The average molecular weight is 320 g/mol. The van der Waals surface area contributed by atoms with Gasteiger partial charge in [0.2, 0.25) is 0 Å². The van der Waals surface area contributed by atoms with Crippen LogP contribution in [-0.2, 0) is 0 Å². The topological polar surface area (TPSA) is 49.3 Å². The highest BCUT2D eigenvalue weighted by Crippen LogP contribution is 2.22. The van der Waals surface area contributed by atoms with Gasteiger partial charge in [-0.2, -0.15) is 0 Å². The second-order valence-electron chi connectivity index (χ2n) is 4.35. The highest BCUT2D eigenvalue weighted by atomic mass is 35.5. The van der Waals surface area contributed by atoms with E-state index in [-0.39, 0.29) is 12.5 Å². The lowest BCUT2D eigenvalue weighted by Gasteiger charge is -2.07. The number of aryl methyl sites for hydroxylation is 1. The molecule has 0 unspecified atom stereocenters. The van der Waals surface area contributed by atoms with Crippen molar-refractivity contribution in [2.45, 2.75) is 13.3 Å². The van der Waals surface area contributed by atoms with Crippen LogP contribution in [0.15, 0.2) is 29.6 Å². The summed E-state index contributed by atoms with van der Waals surface area (Å²) in [7, 11) is 0. The van der Waals surface area contributed by atoms with Crippen molar-refractivity contribution >= 4 is 34.5 Å². The van der Waals surface area contributed by atoms with Crippen LogP contribution in [0.4, 0.5) is 5.69 Å². The van der Waals surface area contributed by atoms with Crippen LogP contribution in [0.3, 0.4) is 0 Å². The Morgan fingerprint density at radius 3 is 2.90 bits per heavy atom. The molecule has 0 spiro atoms. The lowest BCUT2D eigenvalue weighted by molar-refractivity contribution is 0.103. The fourth-order valence-corrected chi connectivity index (χ4v) is 2.72. The van der Waals surface area contributed by atoms with Gasteiger partial charge >= 0.3 is 0 Å². The van der Waals surface area contributed by atoms with Crippen molar-refractivity contribution in [3.8, 4) is 11.8 Å². The standard InChI is InChI=1S/C16H14ClNO2S/c1-11-7-9-21-15(11)16(20)18-14-6-5-13(17)10-12(14)4-2-3-8-19/h5-7,9-10,19H,3,8H2,1H3,(H,18,20). The van der Waals surface area contributed by atoms with Crippen LogP contribution in [0.1, 0.15) is 27.2 Å². The average Bonchev–Trinajstić information content (AvgIpc) is 2.88. The number of hydrogen-bond donors (Lipinski definition) is 2. The lowest BCUT2D eigenvalue weighted by Crippen LogP contribution is -2.12. The van der Waals surface area contributed by atoms with Gasteiger partial charge in [-0.1, -0.05) is 23.4 Å². The molecule has 0 fully saturated rings. The quantitative estimate of drug-likeness (QED) is 0.848. The van der Waals surface area contributed by atoms with Crippen molar-refractivity contribution in [2.24, 2.45) is 0 Å². The molecule has 2 N–H and O–H groups in total. The first kappa shape index (κ1) is 15.6. The number of nitrogens with one attached hydrogen (secondary N) is 1. The Morgan fingerprint density at radius 1 is 1.43 bits per heavy atom. The minimum absolute atomic E-state index is 0.00362.